The second-order valence-electron chi connectivity index (χ2n) is 6.99. The summed E-state index contributed by atoms with van der Waals surface area (Å²) in [5.74, 6) is 1.85. The molecule has 2 aromatic heterocycles. The molecule has 24 heavy (non-hydrogen) atoms. The van der Waals surface area contributed by atoms with Gasteiger partial charge in [0.05, 0.1) is 36.8 Å². The Morgan fingerprint density at radius 3 is 3.08 bits per heavy atom. The Hall–Kier alpha value is -1.92. The number of likely N-dealkylation sites (tertiary alicyclic amines) is 1. The lowest BCUT2D eigenvalue weighted by molar-refractivity contribution is -0.0544. The van der Waals surface area contributed by atoms with Crippen molar-refractivity contribution in [3.8, 4) is 0 Å². The molecule has 0 amide bonds. The van der Waals surface area contributed by atoms with Crippen molar-refractivity contribution in [2.45, 2.75) is 44.4 Å². The van der Waals surface area contributed by atoms with Crippen molar-refractivity contribution in [2.24, 2.45) is 0 Å². The minimum absolute atomic E-state index is 0.0410. The Bertz CT molecular complexity index is 658. The van der Waals surface area contributed by atoms with Gasteiger partial charge in [-0.1, -0.05) is 0 Å². The zero-order valence-electron chi connectivity index (χ0n) is 14.1. The highest BCUT2D eigenvalue weighted by Crippen LogP contribution is 2.36. The molecule has 4 heterocycles. The first kappa shape index (κ1) is 15.6. The average Bonchev–Trinajstić information content (AvgIpc) is 3.21. The minimum atomic E-state index is -0.0410. The van der Waals surface area contributed by atoms with E-state index in [4.69, 9.17) is 9.15 Å². The second-order valence-corrected chi connectivity index (χ2v) is 6.99. The number of hydrogen-bond donors (Lipinski definition) is 1. The maximum atomic E-state index is 6.26. The predicted octanol–water partition coefficient (Wildman–Crippen LogP) is 2.61. The molecule has 2 atom stereocenters. The van der Waals surface area contributed by atoms with Crippen molar-refractivity contribution in [3.63, 3.8) is 0 Å². The normalized spacial score (nSPS) is 27.6. The number of aryl methyl sites for hydroxylation is 1. The number of aromatic nitrogens is 2. The van der Waals surface area contributed by atoms with Crippen molar-refractivity contribution in [1.82, 2.24) is 15.1 Å². The number of piperidine rings is 1. The van der Waals surface area contributed by atoms with Gasteiger partial charge in [-0.05, 0) is 50.6 Å². The smallest absolute Gasteiger partial charge is 0.148 e. The fourth-order valence-electron chi connectivity index (χ4n) is 3.85. The van der Waals surface area contributed by atoms with Crippen LogP contribution in [-0.4, -0.2) is 46.4 Å². The fraction of sp³-hybridized carbons (Fsp3) is 0.556. The summed E-state index contributed by atoms with van der Waals surface area (Å²) in [4.78, 5) is 2.44. The van der Waals surface area contributed by atoms with Gasteiger partial charge in [0, 0.05) is 13.0 Å². The van der Waals surface area contributed by atoms with Crippen LogP contribution in [-0.2, 0) is 11.3 Å². The summed E-state index contributed by atoms with van der Waals surface area (Å²) >= 11 is 0. The molecule has 0 radical (unpaired) electrons. The van der Waals surface area contributed by atoms with E-state index in [0.717, 1.165) is 62.8 Å². The van der Waals surface area contributed by atoms with Crippen LogP contribution in [0.15, 0.2) is 34.9 Å². The summed E-state index contributed by atoms with van der Waals surface area (Å²) in [7, 11) is 0. The number of ether oxygens (including phenoxy) is 1. The molecular weight excluding hydrogens is 304 g/mol. The van der Waals surface area contributed by atoms with Gasteiger partial charge < -0.3 is 14.5 Å². The Balaban J connectivity index is 1.36. The molecule has 6 nitrogen and oxygen atoms in total. The molecule has 128 valence electrons. The van der Waals surface area contributed by atoms with Gasteiger partial charge in [-0.15, -0.1) is 5.10 Å². The fourth-order valence-corrected chi connectivity index (χ4v) is 3.85. The molecule has 1 N–H and O–H groups in total. The van der Waals surface area contributed by atoms with E-state index in [1.54, 1.807) is 6.26 Å². The second kappa shape index (κ2) is 6.53. The van der Waals surface area contributed by atoms with Gasteiger partial charge in [0.25, 0.3) is 0 Å². The van der Waals surface area contributed by atoms with Crippen LogP contribution in [0, 0.1) is 6.92 Å². The third-order valence-electron chi connectivity index (χ3n) is 4.94. The summed E-state index contributed by atoms with van der Waals surface area (Å²) in [5, 5.41) is 11.8. The molecule has 2 aromatic rings. The van der Waals surface area contributed by atoms with E-state index in [-0.39, 0.29) is 5.60 Å². The van der Waals surface area contributed by atoms with Gasteiger partial charge in [0.15, 0.2) is 0 Å². The lowest BCUT2D eigenvalue weighted by Gasteiger charge is -2.39. The van der Waals surface area contributed by atoms with E-state index >= 15 is 0 Å². The minimum Gasteiger partial charge on any atom is -0.468 e. The zero-order valence-corrected chi connectivity index (χ0v) is 14.1. The van der Waals surface area contributed by atoms with E-state index < -0.39 is 0 Å². The highest BCUT2D eigenvalue weighted by Gasteiger charge is 2.43. The Morgan fingerprint density at radius 1 is 1.33 bits per heavy atom. The molecule has 2 fully saturated rings. The number of furan rings is 1. The van der Waals surface area contributed by atoms with Gasteiger partial charge in [-0.3, -0.25) is 4.90 Å². The first-order valence-corrected chi connectivity index (χ1v) is 8.66. The topological polar surface area (TPSA) is 63.4 Å². The van der Waals surface area contributed by atoms with Crippen LogP contribution >= 0.6 is 0 Å². The molecule has 0 saturated carbocycles. The number of anilines is 1. The first-order chi connectivity index (χ1) is 11.7. The average molecular weight is 328 g/mol. The zero-order chi connectivity index (χ0) is 16.4. The molecule has 2 aliphatic rings. The largest absolute Gasteiger partial charge is 0.468 e. The standard InChI is InChI=1S/C18H24N4O2/c1-14-5-6-17(21-20-14)19-15-10-18(24-12-15)7-3-8-22(13-18)11-16-4-2-9-23-16/h2,4-6,9,15H,3,7-8,10-13H2,1H3,(H,19,21)/t15-,18-/m1/s1. The SMILES string of the molecule is Cc1ccc(N[C@H]2CO[C@]3(CCCN(Cc4ccco4)C3)C2)nn1. The van der Waals surface area contributed by atoms with Gasteiger partial charge in [0.2, 0.25) is 0 Å². The Kier molecular flexibility index (Phi) is 4.24. The van der Waals surface area contributed by atoms with Gasteiger partial charge in [-0.2, -0.15) is 5.10 Å². The molecule has 1 spiro atoms. The molecule has 0 aromatic carbocycles. The summed E-state index contributed by atoms with van der Waals surface area (Å²) in [5.41, 5.74) is 0.890. The highest BCUT2D eigenvalue weighted by atomic mass is 16.5. The quantitative estimate of drug-likeness (QED) is 0.931. The summed E-state index contributed by atoms with van der Waals surface area (Å²) in [6, 6.07) is 8.25. The van der Waals surface area contributed by atoms with Crippen LogP contribution in [0.4, 0.5) is 5.82 Å². The number of nitrogens with zero attached hydrogens (tertiary/aromatic N) is 3. The van der Waals surface area contributed by atoms with E-state index in [0.29, 0.717) is 6.04 Å². The van der Waals surface area contributed by atoms with E-state index in [1.807, 2.05) is 31.2 Å². The predicted molar refractivity (Wildman–Crippen MR) is 90.7 cm³/mol. The Labute approximate surface area is 142 Å². The summed E-state index contributed by atoms with van der Waals surface area (Å²) in [6.07, 6.45) is 5.04. The van der Waals surface area contributed by atoms with Gasteiger partial charge in [-0.25, -0.2) is 0 Å². The molecule has 0 aliphatic carbocycles. The van der Waals surface area contributed by atoms with Crippen LogP contribution < -0.4 is 5.32 Å². The van der Waals surface area contributed by atoms with Crippen molar-refractivity contribution in [3.05, 3.63) is 42.0 Å². The Morgan fingerprint density at radius 2 is 2.29 bits per heavy atom. The van der Waals surface area contributed by atoms with Crippen LogP contribution in [0.25, 0.3) is 0 Å². The lowest BCUT2D eigenvalue weighted by atomic mass is 9.88. The number of hydrogen-bond acceptors (Lipinski definition) is 6. The van der Waals surface area contributed by atoms with E-state index in [9.17, 15) is 0 Å². The monoisotopic (exact) mass is 328 g/mol. The highest BCUT2D eigenvalue weighted by molar-refractivity contribution is 5.34. The van der Waals surface area contributed by atoms with Crippen molar-refractivity contribution >= 4 is 5.82 Å². The third kappa shape index (κ3) is 3.44. The molecule has 6 heteroatoms. The van der Waals surface area contributed by atoms with Gasteiger partial charge >= 0.3 is 0 Å². The number of rotatable bonds is 4. The van der Waals surface area contributed by atoms with Crippen molar-refractivity contribution in [1.29, 1.82) is 0 Å². The lowest BCUT2D eigenvalue weighted by Crippen LogP contribution is -2.47. The van der Waals surface area contributed by atoms with Crippen LogP contribution in [0.5, 0.6) is 0 Å². The molecule has 2 saturated heterocycles. The van der Waals surface area contributed by atoms with Gasteiger partial charge in [0.1, 0.15) is 11.6 Å². The van der Waals surface area contributed by atoms with E-state index in [1.165, 1.54) is 0 Å². The van der Waals surface area contributed by atoms with E-state index in [2.05, 4.69) is 20.4 Å². The van der Waals surface area contributed by atoms with Crippen LogP contribution in [0.2, 0.25) is 0 Å². The van der Waals surface area contributed by atoms with Crippen LogP contribution in [0.1, 0.15) is 30.7 Å². The number of nitrogens with one attached hydrogen (secondary N) is 1. The van der Waals surface area contributed by atoms with Crippen molar-refractivity contribution in [2.75, 3.05) is 25.0 Å². The summed E-state index contributed by atoms with van der Waals surface area (Å²) in [6.45, 7) is 5.60. The molecule has 0 bridgehead atoms. The van der Waals surface area contributed by atoms with Crippen molar-refractivity contribution < 1.29 is 9.15 Å². The third-order valence-corrected chi connectivity index (χ3v) is 4.94. The molecular formula is C18H24N4O2. The summed E-state index contributed by atoms with van der Waals surface area (Å²) < 4.78 is 11.7. The molecule has 4 rings (SSSR count). The maximum absolute atomic E-state index is 6.26. The first-order valence-electron chi connectivity index (χ1n) is 8.66. The molecule has 0 unspecified atom stereocenters. The van der Waals surface area contributed by atoms with Crippen LogP contribution in [0.3, 0.4) is 0 Å². The molecule has 2 aliphatic heterocycles. The maximum Gasteiger partial charge on any atom is 0.148 e.